The largest absolute Gasteiger partial charge is 0.454 e. The summed E-state index contributed by atoms with van der Waals surface area (Å²) < 4.78 is 5.44. The lowest BCUT2D eigenvalue weighted by Gasteiger charge is -2.19. The molecular weight excluding hydrogens is 388 g/mol. The number of nitro benzene ring substituents is 1. The molecular formula is C22H22N2O6. The highest BCUT2D eigenvalue weighted by molar-refractivity contribution is 6.02. The molecule has 30 heavy (non-hydrogen) atoms. The van der Waals surface area contributed by atoms with E-state index in [2.05, 4.69) is 0 Å². The van der Waals surface area contributed by atoms with E-state index in [1.165, 1.54) is 11.0 Å². The number of rotatable bonds is 7. The zero-order chi connectivity index (χ0) is 21.8. The van der Waals surface area contributed by atoms with Gasteiger partial charge in [-0.1, -0.05) is 43.3 Å². The summed E-state index contributed by atoms with van der Waals surface area (Å²) in [5.74, 6) is -1.97. The molecule has 2 atom stereocenters. The monoisotopic (exact) mass is 410 g/mol. The molecule has 0 saturated carbocycles. The SMILES string of the molecule is CC[C@H](OC(=O)[C@H]1CC(=O)N(c2ccc(C)c([N+](=O)[O-])c2)C1)C(=O)c1ccccc1. The van der Waals surface area contributed by atoms with Crippen molar-refractivity contribution in [3.05, 3.63) is 69.8 Å². The van der Waals surface area contributed by atoms with Crippen molar-refractivity contribution in [2.45, 2.75) is 32.8 Å². The van der Waals surface area contributed by atoms with Gasteiger partial charge in [0.05, 0.1) is 16.5 Å². The molecule has 8 heteroatoms. The first-order valence-corrected chi connectivity index (χ1v) is 9.67. The fourth-order valence-electron chi connectivity index (χ4n) is 3.42. The number of carbonyl (C=O) groups excluding carboxylic acids is 3. The number of nitro groups is 1. The number of hydrogen-bond donors (Lipinski definition) is 0. The summed E-state index contributed by atoms with van der Waals surface area (Å²) in [7, 11) is 0. The van der Waals surface area contributed by atoms with Crippen LogP contribution in [0.2, 0.25) is 0 Å². The van der Waals surface area contributed by atoms with Gasteiger partial charge in [0.2, 0.25) is 11.7 Å². The van der Waals surface area contributed by atoms with Gasteiger partial charge in [0.15, 0.2) is 6.10 Å². The predicted octanol–water partition coefficient (Wildman–Crippen LogP) is 3.46. The lowest BCUT2D eigenvalue weighted by molar-refractivity contribution is -0.385. The number of amides is 1. The molecule has 0 spiro atoms. The zero-order valence-corrected chi connectivity index (χ0v) is 16.7. The van der Waals surface area contributed by atoms with Crippen LogP contribution in [0.5, 0.6) is 0 Å². The Bertz CT molecular complexity index is 988. The smallest absolute Gasteiger partial charge is 0.312 e. The topological polar surface area (TPSA) is 107 Å². The van der Waals surface area contributed by atoms with Gasteiger partial charge in [0, 0.05) is 30.2 Å². The number of ether oxygens (including phenoxy) is 1. The fourth-order valence-corrected chi connectivity index (χ4v) is 3.42. The summed E-state index contributed by atoms with van der Waals surface area (Å²) >= 11 is 0. The third-order valence-electron chi connectivity index (χ3n) is 5.14. The van der Waals surface area contributed by atoms with Crippen LogP contribution in [-0.4, -0.2) is 35.2 Å². The molecule has 1 saturated heterocycles. The van der Waals surface area contributed by atoms with Crippen molar-refractivity contribution in [1.82, 2.24) is 0 Å². The van der Waals surface area contributed by atoms with Crippen LogP contribution < -0.4 is 4.90 Å². The normalized spacial score (nSPS) is 16.9. The molecule has 1 aliphatic rings. The van der Waals surface area contributed by atoms with E-state index in [-0.39, 0.29) is 30.3 Å². The van der Waals surface area contributed by atoms with E-state index >= 15 is 0 Å². The van der Waals surface area contributed by atoms with Gasteiger partial charge in [0.25, 0.3) is 5.69 Å². The maximum absolute atomic E-state index is 12.6. The Kier molecular flexibility index (Phi) is 6.25. The summed E-state index contributed by atoms with van der Waals surface area (Å²) in [5, 5.41) is 11.2. The Morgan fingerprint density at radius 3 is 2.57 bits per heavy atom. The van der Waals surface area contributed by atoms with E-state index < -0.39 is 22.9 Å². The molecule has 1 amide bonds. The Hall–Kier alpha value is -3.55. The summed E-state index contributed by atoms with van der Waals surface area (Å²) in [4.78, 5) is 49.7. The number of ketones is 1. The van der Waals surface area contributed by atoms with Crippen molar-refractivity contribution in [2.24, 2.45) is 5.92 Å². The van der Waals surface area contributed by atoms with E-state index in [9.17, 15) is 24.5 Å². The van der Waals surface area contributed by atoms with Crippen molar-refractivity contribution in [3.63, 3.8) is 0 Å². The molecule has 1 fully saturated rings. The fraction of sp³-hybridized carbons (Fsp3) is 0.318. The molecule has 2 aromatic carbocycles. The number of Topliss-reactive ketones (excluding diaryl/α,β-unsaturated/α-hetero) is 1. The van der Waals surface area contributed by atoms with Crippen molar-refractivity contribution >= 4 is 29.0 Å². The lowest BCUT2D eigenvalue weighted by atomic mass is 10.0. The van der Waals surface area contributed by atoms with Crippen LogP contribution in [0.1, 0.15) is 35.7 Å². The number of esters is 1. The van der Waals surface area contributed by atoms with Crippen LogP contribution in [-0.2, 0) is 14.3 Å². The maximum atomic E-state index is 12.6. The number of carbonyl (C=O) groups is 3. The number of aryl methyl sites for hydroxylation is 1. The van der Waals surface area contributed by atoms with Crippen molar-refractivity contribution < 1.29 is 24.0 Å². The van der Waals surface area contributed by atoms with Gasteiger partial charge in [-0.2, -0.15) is 0 Å². The second kappa shape index (κ2) is 8.86. The molecule has 1 heterocycles. The second-order valence-corrected chi connectivity index (χ2v) is 7.20. The molecule has 8 nitrogen and oxygen atoms in total. The quantitative estimate of drug-likeness (QED) is 0.299. The minimum absolute atomic E-state index is 0.0494. The summed E-state index contributed by atoms with van der Waals surface area (Å²) in [6, 6.07) is 13.1. The first-order chi connectivity index (χ1) is 14.3. The lowest BCUT2D eigenvalue weighted by Crippen LogP contribution is -2.31. The number of benzene rings is 2. The molecule has 0 unspecified atom stereocenters. The van der Waals surface area contributed by atoms with Gasteiger partial charge < -0.3 is 9.64 Å². The van der Waals surface area contributed by atoms with E-state index in [1.807, 2.05) is 0 Å². The molecule has 0 radical (unpaired) electrons. The number of nitrogens with zero attached hydrogens (tertiary/aromatic N) is 2. The molecule has 1 aliphatic heterocycles. The number of hydrogen-bond acceptors (Lipinski definition) is 6. The average Bonchev–Trinajstić information content (AvgIpc) is 3.14. The minimum atomic E-state index is -0.926. The molecule has 2 aromatic rings. The highest BCUT2D eigenvalue weighted by Gasteiger charge is 2.38. The summed E-state index contributed by atoms with van der Waals surface area (Å²) in [6.07, 6.45) is -0.686. The Morgan fingerprint density at radius 2 is 1.93 bits per heavy atom. The number of anilines is 1. The van der Waals surface area contributed by atoms with E-state index in [0.29, 0.717) is 23.2 Å². The van der Waals surface area contributed by atoms with E-state index in [1.54, 1.807) is 56.3 Å². The Labute approximate surface area is 173 Å². The standard InChI is InChI=1S/C22H22N2O6/c1-3-19(21(26)15-7-5-4-6-8-15)30-22(27)16-11-20(25)23(13-16)17-10-9-14(2)18(12-17)24(28)29/h4-10,12,16,19H,3,11,13H2,1-2H3/t16-,19-/m0/s1. The minimum Gasteiger partial charge on any atom is -0.454 e. The third-order valence-corrected chi connectivity index (χ3v) is 5.14. The van der Waals surface area contributed by atoms with Gasteiger partial charge >= 0.3 is 5.97 Å². The third kappa shape index (κ3) is 4.37. The molecule has 0 N–H and O–H groups in total. The molecule has 156 valence electrons. The van der Waals surface area contributed by atoms with Crippen molar-refractivity contribution in [1.29, 1.82) is 0 Å². The van der Waals surface area contributed by atoms with Crippen molar-refractivity contribution in [2.75, 3.05) is 11.4 Å². The van der Waals surface area contributed by atoms with E-state index in [4.69, 9.17) is 4.74 Å². The van der Waals surface area contributed by atoms with Crippen LogP contribution in [0, 0.1) is 23.0 Å². The van der Waals surface area contributed by atoms with Crippen molar-refractivity contribution in [3.8, 4) is 0 Å². The first kappa shape index (κ1) is 21.2. The van der Waals surface area contributed by atoms with E-state index in [0.717, 1.165) is 0 Å². The molecule has 0 aliphatic carbocycles. The maximum Gasteiger partial charge on any atom is 0.312 e. The predicted molar refractivity (Wildman–Crippen MR) is 109 cm³/mol. The van der Waals surface area contributed by atoms with Gasteiger partial charge in [-0.05, 0) is 19.4 Å². The van der Waals surface area contributed by atoms with Crippen LogP contribution in [0.3, 0.4) is 0 Å². The van der Waals surface area contributed by atoms with Gasteiger partial charge in [0.1, 0.15) is 0 Å². The molecule has 3 rings (SSSR count). The first-order valence-electron chi connectivity index (χ1n) is 9.67. The Morgan fingerprint density at radius 1 is 1.23 bits per heavy atom. The second-order valence-electron chi connectivity index (χ2n) is 7.20. The van der Waals surface area contributed by atoms with Crippen LogP contribution in [0.15, 0.2) is 48.5 Å². The summed E-state index contributed by atoms with van der Waals surface area (Å²) in [6.45, 7) is 3.41. The Balaban J connectivity index is 1.71. The highest BCUT2D eigenvalue weighted by Crippen LogP contribution is 2.30. The molecule has 0 bridgehead atoms. The van der Waals surface area contributed by atoms with Gasteiger partial charge in [-0.3, -0.25) is 24.5 Å². The summed E-state index contributed by atoms with van der Waals surface area (Å²) in [5.41, 5.74) is 1.20. The molecule has 0 aromatic heterocycles. The van der Waals surface area contributed by atoms with Crippen LogP contribution in [0.25, 0.3) is 0 Å². The van der Waals surface area contributed by atoms with Crippen LogP contribution >= 0.6 is 0 Å². The van der Waals surface area contributed by atoms with Gasteiger partial charge in [-0.15, -0.1) is 0 Å². The van der Waals surface area contributed by atoms with Crippen LogP contribution in [0.4, 0.5) is 11.4 Å². The average molecular weight is 410 g/mol. The highest BCUT2D eigenvalue weighted by atomic mass is 16.6. The van der Waals surface area contributed by atoms with Gasteiger partial charge in [-0.25, -0.2) is 0 Å². The zero-order valence-electron chi connectivity index (χ0n) is 16.7.